The highest BCUT2D eigenvalue weighted by atomic mass is 16.6. The van der Waals surface area contributed by atoms with Crippen molar-refractivity contribution >= 4 is 23.0 Å². The van der Waals surface area contributed by atoms with Gasteiger partial charge in [-0.25, -0.2) is 0 Å². The lowest BCUT2D eigenvalue weighted by atomic mass is 10.2. The molecule has 1 aromatic rings. The zero-order valence-electron chi connectivity index (χ0n) is 7.85. The molecule has 1 amide bonds. The Morgan fingerprint density at radius 1 is 1.60 bits per heavy atom. The van der Waals surface area contributed by atoms with Gasteiger partial charge in [-0.1, -0.05) is 0 Å². The highest BCUT2D eigenvalue weighted by Gasteiger charge is 2.18. The number of nitrogens with two attached hydrogens (primary N) is 1. The Labute approximate surface area is 84.7 Å². The number of aromatic hydroxyl groups is 1. The maximum absolute atomic E-state index is 10.7. The number of amides is 1. The summed E-state index contributed by atoms with van der Waals surface area (Å²) in [6, 6.07) is 2.32. The molecule has 4 N–H and O–H groups in total. The van der Waals surface area contributed by atoms with Crippen LogP contribution in [0.15, 0.2) is 12.1 Å². The Kier molecular flexibility index (Phi) is 2.75. The van der Waals surface area contributed by atoms with E-state index >= 15 is 0 Å². The third-order valence-corrected chi connectivity index (χ3v) is 1.70. The summed E-state index contributed by atoms with van der Waals surface area (Å²) in [4.78, 5) is 20.4. The molecule has 0 unspecified atom stereocenters. The third-order valence-electron chi connectivity index (χ3n) is 1.70. The molecule has 0 atom stereocenters. The van der Waals surface area contributed by atoms with Gasteiger partial charge < -0.3 is 16.2 Å². The fraction of sp³-hybridized carbons (Fsp3) is 0.125. The summed E-state index contributed by atoms with van der Waals surface area (Å²) in [5.74, 6) is -1.03. The number of carbonyl (C=O) groups excluding carboxylic acids is 1. The van der Waals surface area contributed by atoms with Gasteiger partial charge in [-0.15, -0.1) is 0 Å². The minimum atomic E-state index is -0.761. The van der Waals surface area contributed by atoms with E-state index in [4.69, 9.17) is 5.73 Å². The number of hydrogen-bond acceptors (Lipinski definition) is 5. The molecule has 0 saturated heterocycles. The Bertz CT molecular complexity index is 430. The first-order chi connectivity index (χ1) is 6.93. The Morgan fingerprint density at radius 2 is 2.20 bits per heavy atom. The van der Waals surface area contributed by atoms with Crippen LogP contribution < -0.4 is 11.1 Å². The number of carbonyl (C=O) groups is 1. The minimum Gasteiger partial charge on any atom is -0.501 e. The topological polar surface area (TPSA) is 118 Å². The summed E-state index contributed by atoms with van der Waals surface area (Å²) >= 11 is 0. The van der Waals surface area contributed by atoms with Crippen molar-refractivity contribution < 1.29 is 14.8 Å². The van der Waals surface area contributed by atoms with Gasteiger partial charge in [-0.2, -0.15) is 0 Å². The van der Waals surface area contributed by atoms with E-state index in [1.807, 2.05) is 0 Å². The van der Waals surface area contributed by atoms with Crippen LogP contribution in [0.1, 0.15) is 6.92 Å². The van der Waals surface area contributed by atoms with Crippen LogP contribution in [0, 0.1) is 10.1 Å². The van der Waals surface area contributed by atoms with Crippen LogP contribution in [0.2, 0.25) is 0 Å². The number of phenols is 1. The quantitative estimate of drug-likeness (QED) is 0.290. The van der Waals surface area contributed by atoms with Gasteiger partial charge in [0.25, 0.3) is 0 Å². The van der Waals surface area contributed by atoms with Crippen LogP contribution in [0.5, 0.6) is 5.75 Å². The molecule has 0 spiro atoms. The van der Waals surface area contributed by atoms with Gasteiger partial charge in [0.15, 0.2) is 0 Å². The molecule has 80 valence electrons. The van der Waals surface area contributed by atoms with Crippen LogP contribution in [0.3, 0.4) is 0 Å². The standard InChI is InChI=1S/C8H9N3O4/c1-4(12)10-5-2-3-6(11(14)15)8(13)7(5)9/h2-3,13H,9H2,1H3,(H,10,12). The predicted octanol–water partition coefficient (Wildman–Crippen LogP) is 0.841. The Balaban J connectivity index is 3.21. The van der Waals surface area contributed by atoms with Crippen LogP contribution >= 0.6 is 0 Å². The van der Waals surface area contributed by atoms with Crippen molar-refractivity contribution in [3.05, 3.63) is 22.2 Å². The lowest BCUT2D eigenvalue weighted by molar-refractivity contribution is -0.385. The molecule has 7 nitrogen and oxygen atoms in total. The summed E-state index contributed by atoms with van der Waals surface area (Å²) in [5, 5.41) is 22.1. The van der Waals surface area contributed by atoms with Gasteiger partial charge in [0.2, 0.25) is 11.7 Å². The van der Waals surface area contributed by atoms with E-state index in [0.717, 1.165) is 6.07 Å². The van der Waals surface area contributed by atoms with Gasteiger partial charge in [0, 0.05) is 13.0 Å². The summed E-state index contributed by atoms with van der Waals surface area (Å²) in [7, 11) is 0. The number of rotatable bonds is 2. The van der Waals surface area contributed by atoms with Crippen molar-refractivity contribution in [3.63, 3.8) is 0 Å². The summed E-state index contributed by atoms with van der Waals surface area (Å²) in [5.41, 5.74) is 4.82. The third kappa shape index (κ3) is 2.13. The minimum absolute atomic E-state index is 0.144. The molecule has 0 radical (unpaired) electrons. The molecule has 0 heterocycles. The van der Waals surface area contributed by atoms with Crippen molar-refractivity contribution in [2.24, 2.45) is 0 Å². The van der Waals surface area contributed by atoms with Gasteiger partial charge >= 0.3 is 5.69 Å². The molecule has 0 aromatic heterocycles. The van der Waals surface area contributed by atoms with E-state index in [-0.39, 0.29) is 17.3 Å². The second-order valence-corrected chi connectivity index (χ2v) is 2.83. The van der Waals surface area contributed by atoms with Crippen molar-refractivity contribution in [1.29, 1.82) is 0 Å². The lowest BCUT2D eigenvalue weighted by Crippen LogP contribution is -2.08. The largest absolute Gasteiger partial charge is 0.501 e. The molecule has 0 saturated carbocycles. The number of hydrogen-bond donors (Lipinski definition) is 3. The normalized spacial score (nSPS) is 9.67. The fourth-order valence-corrected chi connectivity index (χ4v) is 1.04. The molecular weight excluding hydrogens is 202 g/mol. The van der Waals surface area contributed by atoms with E-state index < -0.39 is 16.4 Å². The number of nitrogen functional groups attached to an aromatic ring is 1. The fourth-order valence-electron chi connectivity index (χ4n) is 1.04. The van der Waals surface area contributed by atoms with Crippen LogP contribution in [0.25, 0.3) is 0 Å². The molecule has 15 heavy (non-hydrogen) atoms. The number of benzene rings is 1. The SMILES string of the molecule is CC(=O)Nc1ccc([N+](=O)[O-])c(O)c1N. The van der Waals surface area contributed by atoms with Crippen molar-refractivity contribution in [3.8, 4) is 5.75 Å². The number of phenolic OH excluding ortho intramolecular Hbond substituents is 1. The highest BCUT2D eigenvalue weighted by molar-refractivity contribution is 5.94. The number of nitrogens with zero attached hydrogens (tertiary/aromatic N) is 1. The zero-order chi connectivity index (χ0) is 11.6. The second-order valence-electron chi connectivity index (χ2n) is 2.83. The molecule has 0 aliphatic heterocycles. The molecule has 0 fully saturated rings. The van der Waals surface area contributed by atoms with Gasteiger partial charge in [-0.3, -0.25) is 14.9 Å². The second kappa shape index (κ2) is 3.82. The molecule has 1 rings (SSSR count). The molecule has 0 aliphatic carbocycles. The summed E-state index contributed by atoms with van der Waals surface area (Å²) < 4.78 is 0. The average molecular weight is 211 g/mol. The first-order valence-electron chi connectivity index (χ1n) is 3.97. The summed E-state index contributed by atoms with van der Waals surface area (Å²) in [6.07, 6.45) is 0. The van der Waals surface area contributed by atoms with Crippen LogP contribution in [0.4, 0.5) is 17.1 Å². The van der Waals surface area contributed by atoms with Gasteiger partial charge in [0.05, 0.1) is 10.6 Å². The highest BCUT2D eigenvalue weighted by Crippen LogP contribution is 2.36. The van der Waals surface area contributed by atoms with Crippen LogP contribution in [-0.4, -0.2) is 15.9 Å². The number of anilines is 2. The summed E-state index contributed by atoms with van der Waals surface area (Å²) in [6.45, 7) is 1.26. The van der Waals surface area contributed by atoms with Crippen molar-refractivity contribution in [2.45, 2.75) is 6.92 Å². The first-order valence-corrected chi connectivity index (χ1v) is 3.97. The monoisotopic (exact) mass is 211 g/mol. The van der Waals surface area contributed by atoms with Gasteiger partial charge in [0.1, 0.15) is 5.69 Å². The maximum atomic E-state index is 10.7. The molecule has 1 aromatic carbocycles. The molecule has 0 bridgehead atoms. The van der Waals surface area contributed by atoms with E-state index in [1.165, 1.54) is 13.0 Å². The first kappa shape index (κ1) is 10.8. The van der Waals surface area contributed by atoms with Crippen molar-refractivity contribution in [2.75, 3.05) is 11.1 Å². The van der Waals surface area contributed by atoms with Crippen molar-refractivity contribution in [1.82, 2.24) is 0 Å². The van der Waals surface area contributed by atoms with E-state index in [2.05, 4.69) is 5.32 Å². The smallest absolute Gasteiger partial charge is 0.313 e. The molecule has 7 heteroatoms. The predicted molar refractivity (Wildman–Crippen MR) is 53.5 cm³/mol. The average Bonchev–Trinajstić information content (AvgIpc) is 2.12. The van der Waals surface area contributed by atoms with Crippen LogP contribution in [-0.2, 0) is 4.79 Å². The van der Waals surface area contributed by atoms with E-state index in [1.54, 1.807) is 0 Å². The number of nitro benzene ring substituents is 1. The maximum Gasteiger partial charge on any atom is 0.313 e. The van der Waals surface area contributed by atoms with E-state index in [9.17, 15) is 20.0 Å². The number of nitro groups is 1. The van der Waals surface area contributed by atoms with E-state index in [0.29, 0.717) is 0 Å². The Hall–Kier alpha value is -2.31. The van der Waals surface area contributed by atoms with Gasteiger partial charge in [-0.05, 0) is 6.07 Å². The molecule has 0 aliphatic rings. The number of nitrogens with one attached hydrogen (secondary N) is 1. The zero-order valence-corrected chi connectivity index (χ0v) is 7.85. The lowest BCUT2D eigenvalue weighted by Gasteiger charge is -2.07. The molecular formula is C8H9N3O4. The Morgan fingerprint density at radius 3 is 2.67 bits per heavy atom.